The van der Waals surface area contributed by atoms with E-state index in [2.05, 4.69) is 4.98 Å². The molecule has 3 rings (SSSR count). The van der Waals surface area contributed by atoms with Gasteiger partial charge in [0.1, 0.15) is 18.0 Å². The number of aromatic nitrogens is 2. The molecule has 3 aromatic rings. The van der Waals surface area contributed by atoms with Crippen molar-refractivity contribution in [3.05, 3.63) is 65.6 Å². The highest BCUT2D eigenvalue weighted by Crippen LogP contribution is 2.16. The maximum atomic E-state index is 11.9. The Bertz CT molecular complexity index is 856. The van der Waals surface area contributed by atoms with Gasteiger partial charge in [0.15, 0.2) is 0 Å². The third kappa shape index (κ3) is 3.23. The number of imidazole rings is 1. The zero-order valence-corrected chi connectivity index (χ0v) is 13.9. The van der Waals surface area contributed by atoms with Crippen molar-refractivity contribution >= 4 is 11.6 Å². The molecule has 0 bridgehead atoms. The highest BCUT2D eigenvalue weighted by molar-refractivity contribution is 5.93. The van der Waals surface area contributed by atoms with E-state index in [-0.39, 0.29) is 5.91 Å². The molecule has 0 fully saturated rings. The Morgan fingerprint density at radius 2 is 2.00 bits per heavy atom. The maximum Gasteiger partial charge on any atom is 0.277 e. The maximum absolute atomic E-state index is 11.9. The number of hydrogen-bond acceptors (Lipinski definition) is 4. The van der Waals surface area contributed by atoms with Crippen LogP contribution in [-0.2, 0) is 11.4 Å². The van der Waals surface area contributed by atoms with Crippen molar-refractivity contribution in [2.75, 3.05) is 14.2 Å². The first kappa shape index (κ1) is 16.0. The first-order chi connectivity index (χ1) is 11.6. The smallest absolute Gasteiger partial charge is 0.277 e. The average molecular weight is 325 g/mol. The predicted octanol–water partition coefficient (Wildman–Crippen LogP) is 2.86. The van der Waals surface area contributed by atoms with E-state index < -0.39 is 0 Å². The van der Waals surface area contributed by atoms with Crippen LogP contribution in [0.5, 0.6) is 5.75 Å². The van der Waals surface area contributed by atoms with E-state index in [1.54, 1.807) is 31.3 Å². The molecular weight excluding hydrogens is 306 g/mol. The molecule has 2 heterocycles. The number of aryl methyl sites for hydroxylation is 1. The molecule has 0 radical (unpaired) electrons. The van der Waals surface area contributed by atoms with Crippen LogP contribution in [0.25, 0.3) is 5.65 Å². The fourth-order valence-electron chi connectivity index (χ4n) is 2.39. The molecule has 24 heavy (non-hydrogen) atoms. The first-order valence-corrected chi connectivity index (χ1v) is 7.56. The normalized spacial score (nSPS) is 10.8. The van der Waals surface area contributed by atoms with Gasteiger partial charge in [0.2, 0.25) is 0 Å². The van der Waals surface area contributed by atoms with Crippen LogP contribution in [0.15, 0.2) is 48.8 Å². The number of hydroxylamine groups is 2. The van der Waals surface area contributed by atoms with Crippen molar-refractivity contribution in [1.82, 2.24) is 14.4 Å². The summed E-state index contributed by atoms with van der Waals surface area (Å²) in [7, 11) is 3.02. The fourth-order valence-corrected chi connectivity index (χ4v) is 2.39. The zero-order chi connectivity index (χ0) is 17.1. The van der Waals surface area contributed by atoms with Gasteiger partial charge in [0.05, 0.1) is 12.8 Å². The largest absolute Gasteiger partial charge is 0.487 e. The average Bonchev–Trinajstić information content (AvgIpc) is 3.03. The van der Waals surface area contributed by atoms with Crippen LogP contribution in [0, 0.1) is 6.92 Å². The summed E-state index contributed by atoms with van der Waals surface area (Å²) in [6, 6.07) is 11.0. The van der Waals surface area contributed by atoms with Gasteiger partial charge in [0.25, 0.3) is 5.91 Å². The number of rotatable bonds is 5. The lowest BCUT2D eigenvalue weighted by atomic mass is 10.2. The van der Waals surface area contributed by atoms with E-state index in [1.807, 2.05) is 35.9 Å². The van der Waals surface area contributed by atoms with Gasteiger partial charge in [-0.2, -0.15) is 0 Å². The molecule has 0 spiro atoms. The van der Waals surface area contributed by atoms with Gasteiger partial charge in [-0.15, -0.1) is 0 Å². The van der Waals surface area contributed by atoms with Crippen LogP contribution < -0.4 is 4.74 Å². The SMILES string of the molecule is CON(C)C(=O)c1ccc(OCc2cn3cccc(C)c3n2)cc1. The van der Waals surface area contributed by atoms with E-state index >= 15 is 0 Å². The summed E-state index contributed by atoms with van der Waals surface area (Å²) in [5, 5.41) is 1.18. The highest BCUT2D eigenvalue weighted by atomic mass is 16.7. The van der Waals surface area contributed by atoms with Crippen LogP contribution in [0.3, 0.4) is 0 Å². The van der Waals surface area contributed by atoms with Crippen LogP contribution in [-0.4, -0.2) is 34.5 Å². The number of fused-ring (bicyclic) bond motifs is 1. The molecule has 0 saturated heterocycles. The quantitative estimate of drug-likeness (QED) is 0.677. The number of benzene rings is 1. The van der Waals surface area contributed by atoms with E-state index in [1.165, 1.54) is 12.2 Å². The summed E-state index contributed by atoms with van der Waals surface area (Å²) in [5.74, 6) is 0.472. The lowest BCUT2D eigenvalue weighted by molar-refractivity contribution is -0.0757. The molecule has 0 N–H and O–H groups in total. The Labute approximate surface area is 140 Å². The van der Waals surface area contributed by atoms with Gasteiger partial charge in [-0.05, 0) is 42.8 Å². The Morgan fingerprint density at radius 1 is 1.25 bits per heavy atom. The molecule has 0 atom stereocenters. The zero-order valence-electron chi connectivity index (χ0n) is 13.9. The lowest BCUT2D eigenvalue weighted by Gasteiger charge is -2.13. The van der Waals surface area contributed by atoms with Crippen LogP contribution in [0.2, 0.25) is 0 Å². The van der Waals surface area contributed by atoms with Gasteiger partial charge >= 0.3 is 0 Å². The van der Waals surface area contributed by atoms with E-state index in [9.17, 15) is 4.79 Å². The fraction of sp³-hybridized carbons (Fsp3) is 0.222. The monoisotopic (exact) mass is 325 g/mol. The summed E-state index contributed by atoms with van der Waals surface area (Å²) >= 11 is 0. The third-order valence-electron chi connectivity index (χ3n) is 3.78. The predicted molar refractivity (Wildman–Crippen MR) is 89.8 cm³/mol. The second kappa shape index (κ2) is 6.72. The Kier molecular flexibility index (Phi) is 4.48. The number of hydrogen-bond donors (Lipinski definition) is 0. The van der Waals surface area contributed by atoms with Gasteiger partial charge in [0, 0.05) is 25.0 Å². The van der Waals surface area contributed by atoms with Gasteiger partial charge in [-0.25, -0.2) is 10.0 Å². The van der Waals surface area contributed by atoms with Gasteiger partial charge < -0.3 is 9.14 Å². The Hall–Kier alpha value is -2.86. The summed E-state index contributed by atoms with van der Waals surface area (Å²) in [5.41, 5.74) is 3.44. The summed E-state index contributed by atoms with van der Waals surface area (Å²) in [6.45, 7) is 2.39. The van der Waals surface area contributed by atoms with Crippen molar-refractivity contribution in [3.8, 4) is 5.75 Å². The minimum Gasteiger partial charge on any atom is -0.487 e. The van der Waals surface area contributed by atoms with Crippen LogP contribution >= 0.6 is 0 Å². The standard InChI is InChI=1S/C18H19N3O3/c1-13-5-4-10-21-11-15(19-17(13)21)12-24-16-8-6-14(7-9-16)18(22)20(2)23-3/h4-11H,12H2,1-3H3. The molecule has 2 aromatic heterocycles. The van der Waals surface area contributed by atoms with Crippen molar-refractivity contribution < 1.29 is 14.4 Å². The highest BCUT2D eigenvalue weighted by Gasteiger charge is 2.11. The second-order valence-corrected chi connectivity index (χ2v) is 5.45. The summed E-state index contributed by atoms with van der Waals surface area (Å²) in [4.78, 5) is 21.4. The van der Waals surface area contributed by atoms with E-state index in [0.29, 0.717) is 17.9 Å². The Balaban J connectivity index is 1.68. The molecule has 6 nitrogen and oxygen atoms in total. The molecule has 1 amide bonds. The van der Waals surface area contributed by atoms with Gasteiger partial charge in [-0.3, -0.25) is 9.63 Å². The summed E-state index contributed by atoms with van der Waals surface area (Å²) < 4.78 is 7.73. The number of pyridine rings is 1. The number of nitrogens with zero attached hydrogens (tertiary/aromatic N) is 3. The summed E-state index contributed by atoms with van der Waals surface area (Å²) in [6.07, 6.45) is 3.92. The number of ether oxygens (including phenoxy) is 1. The molecular formula is C18H19N3O3. The minimum atomic E-state index is -0.208. The molecule has 0 aliphatic rings. The second-order valence-electron chi connectivity index (χ2n) is 5.45. The number of carbonyl (C=O) groups excluding carboxylic acids is 1. The molecule has 0 aliphatic carbocycles. The molecule has 0 aliphatic heterocycles. The molecule has 0 saturated carbocycles. The number of amides is 1. The van der Waals surface area contributed by atoms with E-state index in [0.717, 1.165) is 16.9 Å². The molecule has 6 heteroatoms. The van der Waals surface area contributed by atoms with Crippen molar-refractivity contribution in [3.63, 3.8) is 0 Å². The van der Waals surface area contributed by atoms with Crippen molar-refractivity contribution in [2.24, 2.45) is 0 Å². The lowest BCUT2D eigenvalue weighted by Crippen LogP contribution is -2.25. The minimum absolute atomic E-state index is 0.208. The van der Waals surface area contributed by atoms with Crippen LogP contribution in [0.1, 0.15) is 21.6 Å². The molecule has 1 aromatic carbocycles. The van der Waals surface area contributed by atoms with Crippen LogP contribution in [0.4, 0.5) is 0 Å². The molecule has 124 valence electrons. The molecule has 0 unspecified atom stereocenters. The first-order valence-electron chi connectivity index (χ1n) is 7.56. The van der Waals surface area contributed by atoms with Gasteiger partial charge in [-0.1, -0.05) is 6.07 Å². The van der Waals surface area contributed by atoms with Crippen molar-refractivity contribution in [1.29, 1.82) is 0 Å². The number of carbonyl (C=O) groups is 1. The third-order valence-corrected chi connectivity index (χ3v) is 3.78. The van der Waals surface area contributed by atoms with Crippen molar-refractivity contribution in [2.45, 2.75) is 13.5 Å². The Morgan fingerprint density at radius 3 is 2.67 bits per heavy atom. The van der Waals surface area contributed by atoms with E-state index in [4.69, 9.17) is 9.57 Å². The topological polar surface area (TPSA) is 56.1 Å².